The van der Waals surface area contributed by atoms with Crippen molar-refractivity contribution in [3.05, 3.63) is 48.0 Å². The van der Waals surface area contributed by atoms with Crippen LogP contribution in [-0.4, -0.2) is 51.6 Å². The van der Waals surface area contributed by atoms with Gasteiger partial charge in [0.25, 0.3) is 0 Å². The molecule has 2 fully saturated rings. The minimum Gasteiger partial charge on any atom is -0.376 e. The van der Waals surface area contributed by atoms with Crippen LogP contribution in [0.5, 0.6) is 0 Å². The number of aryl methyl sites for hydroxylation is 1. The zero-order valence-electron chi connectivity index (χ0n) is 14.8. The first-order valence-electron chi connectivity index (χ1n) is 9.12. The van der Waals surface area contributed by atoms with Crippen LogP contribution in [0.3, 0.4) is 0 Å². The van der Waals surface area contributed by atoms with Crippen molar-refractivity contribution < 1.29 is 9.47 Å². The smallest absolute Gasteiger partial charge is 0.0985 e. The number of rotatable bonds is 7. The van der Waals surface area contributed by atoms with E-state index in [0.29, 0.717) is 12.5 Å². The summed E-state index contributed by atoms with van der Waals surface area (Å²) in [4.78, 5) is 6.57. The molecule has 0 saturated carbocycles. The lowest BCUT2D eigenvalue weighted by atomic mass is 9.81. The largest absolute Gasteiger partial charge is 0.376 e. The Hall–Kier alpha value is -1.76. The third-order valence-corrected chi connectivity index (χ3v) is 5.31. The number of aromatic nitrogens is 3. The van der Waals surface area contributed by atoms with Gasteiger partial charge in [-0.05, 0) is 25.0 Å². The molecule has 0 amide bonds. The molecule has 2 aliphatic heterocycles. The summed E-state index contributed by atoms with van der Waals surface area (Å²) in [5.41, 5.74) is 2.40. The molecule has 1 spiro atoms. The second-order valence-electron chi connectivity index (χ2n) is 7.12. The molecule has 2 aliphatic rings. The minimum atomic E-state index is -0.00428. The Balaban J connectivity index is 1.26. The van der Waals surface area contributed by atoms with Gasteiger partial charge in [0.2, 0.25) is 0 Å². The van der Waals surface area contributed by atoms with Crippen molar-refractivity contribution in [3.63, 3.8) is 0 Å². The molecule has 0 aliphatic carbocycles. The van der Waals surface area contributed by atoms with E-state index in [2.05, 4.69) is 34.2 Å². The lowest BCUT2D eigenvalue weighted by Gasteiger charge is -2.50. The predicted octanol–water partition coefficient (Wildman–Crippen LogP) is 2.11. The van der Waals surface area contributed by atoms with E-state index in [-0.39, 0.29) is 5.60 Å². The molecule has 2 aromatic heterocycles. The molecule has 2 saturated heterocycles. The van der Waals surface area contributed by atoms with Crippen molar-refractivity contribution in [3.8, 4) is 0 Å². The normalized spacial score (nSPS) is 22.4. The molecule has 4 heterocycles. The summed E-state index contributed by atoms with van der Waals surface area (Å²) < 4.78 is 14.1. The predicted molar refractivity (Wildman–Crippen MR) is 93.9 cm³/mol. The van der Waals surface area contributed by atoms with E-state index in [1.54, 1.807) is 6.20 Å². The molecule has 2 aromatic rings. The minimum absolute atomic E-state index is 0.00428. The van der Waals surface area contributed by atoms with Gasteiger partial charge < -0.3 is 9.47 Å². The summed E-state index contributed by atoms with van der Waals surface area (Å²) in [7, 11) is 0. The van der Waals surface area contributed by atoms with E-state index in [1.165, 1.54) is 5.56 Å². The number of hydrogen-bond acceptors (Lipinski definition) is 5. The lowest BCUT2D eigenvalue weighted by Crippen LogP contribution is -2.64. The molecule has 25 heavy (non-hydrogen) atoms. The molecule has 0 aromatic carbocycles. The highest BCUT2D eigenvalue weighted by atomic mass is 16.5. The van der Waals surface area contributed by atoms with Gasteiger partial charge in [-0.15, -0.1) is 0 Å². The topological polar surface area (TPSA) is 52.4 Å². The monoisotopic (exact) mass is 342 g/mol. The second kappa shape index (κ2) is 7.23. The van der Waals surface area contributed by atoms with Crippen molar-refractivity contribution in [1.29, 1.82) is 0 Å². The zero-order valence-corrected chi connectivity index (χ0v) is 14.8. The van der Waals surface area contributed by atoms with Gasteiger partial charge in [0, 0.05) is 62.9 Å². The van der Waals surface area contributed by atoms with Gasteiger partial charge in [-0.2, -0.15) is 5.10 Å². The van der Waals surface area contributed by atoms with Crippen molar-refractivity contribution in [2.45, 2.75) is 38.6 Å². The summed E-state index contributed by atoms with van der Waals surface area (Å²) in [6, 6.07) is 4.00. The standard InChI is InChI=1S/C19H26N4O2/c1-2-23-11-17(9-21-23)10-22-14-19(15-22)18(5-7-25-19)13-24-12-16-4-3-6-20-8-16/h3-4,6,8-9,11,18H,2,5,7,10,12-15H2,1H3/t18-/m1/s1. The van der Waals surface area contributed by atoms with E-state index in [0.717, 1.165) is 51.4 Å². The number of nitrogens with zero attached hydrogens (tertiary/aromatic N) is 4. The SMILES string of the molecule is CCn1cc(CN2CC3(C2)OCC[C@@H]3COCc2cccnc2)cn1. The van der Waals surface area contributed by atoms with Gasteiger partial charge in [-0.25, -0.2) is 0 Å². The molecule has 0 radical (unpaired) electrons. The maximum absolute atomic E-state index is 6.13. The Morgan fingerprint density at radius 1 is 1.32 bits per heavy atom. The molecule has 6 nitrogen and oxygen atoms in total. The molecule has 6 heteroatoms. The van der Waals surface area contributed by atoms with Gasteiger partial charge in [0.15, 0.2) is 0 Å². The third kappa shape index (κ3) is 3.61. The Kier molecular flexibility index (Phi) is 4.83. The van der Waals surface area contributed by atoms with Gasteiger partial charge in [0.1, 0.15) is 0 Å². The van der Waals surface area contributed by atoms with Crippen LogP contribution in [0, 0.1) is 5.92 Å². The molecule has 4 rings (SSSR count). The number of likely N-dealkylation sites (tertiary alicyclic amines) is 1. The van der Waals surface area contributed by atoms with Crippen molar-refractivity contribution in [2.75, 3.05) is 26.3 Å². The van der Waals surface area contributed by atoms with Crippen LogP contribution in [-0.2, 0) is 29.2 Å². The molecule has 134 valence electrons. The first kappa shape index (κ1) is 16.7. The van der Waals surface area contributed by atoms with Crippen LogP contribution in [0.2, 0.25) is 0 Å². The quantitative estimate of drug-likeness (QED) is 0.771. The Bertz CT molecular complexity index is 682. The fourth-order valence-corrected chi connectivity index (χ4v) is 3.91. The molecular formula is C19H26N4O2. The Labute approximate surface area is 148 Å². The molecular weight excluding hydrogens is 316 g/mol. The van der Waals surface area contributed by atoms with Crippen LogP contribution in [0.15, 0.2) is 36.9 Å². The van der Waals surface area contributed by atoms with Crippen LogP contribution < -0.4 is 0 Å². The lowest BCUT2D eigenvalue weighted by molar-refractivity contribution is -0.146. The summed E-state index contributed by atoms with van der Waals surface area (Å²) in [5, 5.41) is 4.35. The van der Waals surface area contributed by atoms with E-state index in [9.17, 15) is 0 Å². The zero-order chi connectivity index (χ0) is 17.1. The summed E-state index contributed by atoms with van der Waals surface area (Å²) in [5.74, 6) is 0.485. The first-order valence-corrected chi connectivity index (χ1v) is 9.12. The Morgan fingerprint density at radius 2 is 2.24 bits per heavy atom. The number of ether oxygens (including phenoxy) is 2. The van der Waals surface area contributed by atoms with Crippen LogP contribution in [0.4, 0.5) is 0 Å². The first-order chi connectivity index (χ1) is 12.3. The van der Waals surface area contributed by atoms with Gasteiger partial charge in [-0.3, -0.25) is 14.6 Å². The summed E-state index contributed by atoms with van der Waals surface area (Å²) in [6.45, 7) is 8.20. The highest BCUT2D eigenvalue weighted by Gasteiger charge is 2.52. The average Bonchev–Trinajstić information content (AvgIpc) is 3.23. The Morgan fingerprint density at radius 3 is 3.00 bits per heavy atom. The van der Waals surface area contributed by atoms with E-state index in [4.69, 9.17) is 9.47 Å². The molecule has 1 atom stereocenters. The number of hydrogen-bond donors (Lipinski definition) is 0. The van der Waals surface area contributed by atoms with Gasteiger partial charge >= 0.3 is 0 Å². The number of pyridine rings is 1. The third-order valence-electron chi connectivity index (χ3n) is 5.31. The van der Waals surface area contributed by atoms with Crippen LogP contribution >= 0.6 is 0 Å². The summed E-state index contributed by atoms with van der Waals surface area (Å²) >= 11 is 0. The molecule has 0 unspecified atom stereocenters. The van der Waals surface area contributed by atoms with Crippen molar-refractivity contribution in [2.24, 2.45) is 5.92 Å². The second-order valence-corrected chi connectivity index (χ2v) is 7.12. The van der Waals surface area contributed by atoms with E-state index in [1.807, 2.05) is 23.1 Å². The van der Waals surface area contributed by atoms with Crippen molar-refractivity contribution in [1.82, 2.24) is 19.7 Å². The van der Waals surface area contributed by atoms with Crippen LogP contribution in [0.25, 0.3) is 0 Å². The fourth-order valence-electron chi connectivity index (χ4n) is 3.91. The van der Waals surface area contributed by atoms with Gasteiger partial charge in [-0.1, -0.05) is 6.07 Å². The van der Waals surface area contributed by atoms with E-state index < -0.39 is 0 Å². The highest BCUT2D eigenvalue weighted by molar-refractivity contribution is 5.10. The van der Waals surface area contributed by atoms with Gasteiger partial charge in [0.05, 0.1) is 25.0 Å². The molecule has 0 N–H and O–H groups in total. The maximum atomic E-state index is 6.13. The summed E-state index contributed by atoms with van der Waals surface area (Å²) in [6.07, 6.45) is 8.85. The highest BCUT2D eigenvalue weighted by Crippen LogP contribution is 2.40. The fraction of sp³-hybridized carbons (Fsp3) is 0.579. The van der Waals surface area contributed by atoms with E-state index >= 15 is 0 Å². The maximum Gasteiger partial charge on any atom is 0.0985 e. The van der Waals surface area contributed by atoms with Crippen molar-refractivity contribution >= 4 is 0 Å². The average molecular weight is 342 g/mol. The van der Waals surface area contributed by atoms with Crippen LogP contribution in [0.1, 0.15) is 24.5 Å². The molecule has 0 bridgehead atoms.